The minimum Gasteiger partial charge on any atom is -0.481 e. The summed E-state index contributed by atoms with van der Waals surface area (Å²) < 4.78 is 49.0. The van der Waals surface area contributed by atoms with Crippen molar-refractivity contribution in [1.29, 1.82) is 0 Å². The van der Waals surface area contributed by atoms with Crippen LogP contribution in [0.4, 0.5) is 13.2 Å². The van der Waals surface area contributed by atoms with E-state index in [1.54, 1.807) is 6.07 Å². The van der Waals surface area contributed by atoms with Gasteiger partial charge in [0.1, 0.15) is 5.75 Å². The Kier molecular flexibility index (Phi) is 5.04. The zero-order chi connectivity index (χ0) is 23.3. The Bertz CT molecular complexity index is 1380. The lowest BCUT2D eigenvalue weighted by Crippen LogP contribution is -2.17. The molecule has 0 fully saturated rings. The zero-order valence-corrected chi connectivity index (χ0v) is 17.5. The third-order valence-electron chi connectivity index (χ3n) is 5.47. The third-order valence-corrected chi connectivity index (χ3v) is 5.68. The van der Waals surface area contributed by atoms with Crippen molar-refractivity contribution in [3.8, 4) is 28.6 Å². The summed E-state index contributed by atoms with van der Waals surface area (Å²) in [6, 6.07) is 11.0. The lowest BCUT2D eigenvalue weighted by molar-refractivity contribution is -0.274. The van der Waals surface area contributed by atoms with Gasteiger partial charge >= 0.3 is 12.3 Å². The second-order valence-electron chi connectivity index (χ2n) is 7.72. The first-order valence-electron chi connectivity index (χ1n) is 9.93. The molecule has 4 aromatic rings. The molecule has 1 atom stereocenters. The highest BCUT2D eigenvalue weighted by molar-refractivity contribution is 6.31. The summed E-state index contributed by atoms with van der Waals surface area (Å²) in [7, 11) is 0. The van der Waals surface area contributed by atoms with Crippen molar-refractivity contribution in [1.82, 2.24) is 14.7 Å². The van der Waals surface area contributed by atoms with Gasteiger partial charge in [0.2, 0.25) is 5.82 Å². The molecule has 1 aliphatic rings. The molecule has 0 radical (unpaired) electrons. The van der Waals surface area contributed by atoms with Gasteiger partial charge in [-0.15, -0.1) is 13.2 Å². The Morgan fingerprint density at radius 1 is 1.21 bits per heavy atom. The molecule has 0 aliphatic carbocycles. The number of fused-ring (bicyclic) bond motifs is 3. The summed E-state index contributed by atoms with van der Waals surface area (Å²) in [6.45, 7) is 0. The summed E-state index contributed by atoms with van der Waals surface area (Å²) in [5.74, 6) is -1.15. The van der Waals surface area contributed by atoms with E-state index < -0.39 is 18.1 Å². The minimum atomic E-state index is -4.87. The van der Waals surface area contributed by atoms with Crippen LogP contribution in [0.2, 0.25) is 5.02 Å². The lowest BCUT2D eigenvalue weighted by atomic mass is 10.1. The van der Waals surface area contributed by atoms with Gasteiger partial charge in [-0.1, -0.05) is 28.9 Å². The first-order valence-corrected chi connectivity index (χ1v) is 10.3. The second kappa shape index (κ2) is 7.80. The molecule has 2 aromatic heterocycles. The van der Waals surface area contributed by atoms with Gasteiger partial charge in [0, 0.05) is 33.4 Å². The standard InChI is InChI=1S/C22H15ClF3N3O4/c23-14-5-13(7-17(9-14)32-22(24,25)26)21-27-20(28-33-21)12-2-1-11-6-15-3-4-16(10-19(30)31)29(15)18(11)8-12/h1-2,5-9,16H,3-4,10H2,(H,30,31). The maximum Gasteiger partial charge on any atom is 0.573 e. The number of hydrogen-bond donors (Lipinski definition) is 1. The SMILES string of the molecule is O=C(O)CC1CCc2cc3ccc(-c4noc(-c5cc(Cl)cc(OC(F)(F)F)c5)n4)cc3n21. The maximum atomic E-state index is 12.6. The molecule has 11 heteroatoms. The van der Waals surface area contributed by atoms with E-state index in [9.17, 15) is 23.1 Å². The Morgan fingerprint density at radius 3 is 2.79 bits per heavy atom. The Labute approximate surface area is 189 Å². The smallest absolute Gasteiger partial charge is 0.481 e. The molecule has 5 rings (SSSR count). The zero-order valence-electron chi connectivity index (χ0n) is 16.8. The van der Waals surface area contributed by atoms with Crippen LogP contribution < -0.4 is 4.74 Å². The number of halogens is 4. The van der Waals surface area contributed by atoms with Crippen molar-refractivity contribution in [3.63, 3.8) is 0 Å². The predicted molar refractivity (Wildman–Crippen MR) is 112 cm³/mol. The molecular formula is C22H15ClF3N3O4. The van der Waals surface area contributed by atoms with Gasteiger partial charge in [-0.25, -0.2) is 0 Å². The van der Waals surface area contributed by atoms with Crippen LogP contribution in [0.5, 0.6) is 5.75 Å². The van der Waals surface area contributed by atoms with E-state index >= 15 is 0 Å². The number of aryl methyl sites for hydroxylation is 1. The second-order valence-corrected chi connectivity index (χ2v) is 8.15. The summed E-state index contributed by atoms with van der Waals surface area (Å²) in [5.41, 5.74) is 2.72. The number of ether oxygens (including phenoxy) is 1. The van der Waals surface area contributed by atoms with Crippen molar-refractivity contribution in [2.75, 3.05) is 0 Å². The molecule has 1 aliphatic heterocycles. The van der Waals surface area contributed by atoms with Crippen LogP contribution >= 0.6 is 11.6 Å². The molecule has 0 bridgehead atoms. The van der Waals surface area contributed by atoms with Crippen molar-refractivity contribution >= 4 is 28.5 Å². The number of aliphatic carboxylic acids is 1. The number of rotatable bonds is 5. The Hall–Kier alpha value is -3.53. The number of carboxylic acids is 1. The van der Waals surface area contributed by atoms with Gasteiger partial charge in [-0.05, 0) is 48.6 Å². The topological polar surface area (TPSA) is 90.4 Å². The highest BCUT2D eigenvalue weighted by Crippen LogP contribution is 2.37. The van der Waals surface area contributed by atoms with Crippen LogP contribution in [0.15, 0.2) is 47.0 Å². The van der Waals surface area contributed by atoms with Crippen molar-refractivity contribution < 1.29 is 32.3 Å². The minimum absolute atomic E-state index is 0.0149. The van der Waals surface area contributed by atoms with Gasteiger partial charge in [0.05, 0.1) is 6.42 Å². The largest absolute Gasteiger partial charge is 0.573 e. The monoisotopic (exact) mass is 477 g/mol. The molecule has 1 N–H and O–H groups in total. The summed E-state index contributed by atoms with van der Waals surface area (Å²) in [5, 5.41) is 14.2. The van der Waals surface area contributed by atoms with Crippen LogP contribution in [0.1, 0.15) is 24.6 Å². The van der Waals surface area contributed by atoms with Gasteiger partial charge < -0.3 is 18.9 Å². The van der Waals surface area contributed by atoms with E-state index in [-0.39, 0.29) is 34.8 Å². The van der Waals surface area contributed by atoms with Crippen molar-refractivity contribution in [2.24, 2.45) is 0 Å². The number of hydrogen-bond acceptors (Lipinski definition) is 5. The fourth-order valence-corrected chi connectivity index (χ4v) is 4.44. The molecule has 0 spiro atoms. The van der Waals surface area contributed by atoms with E-state index in [0.717, 1.165) is 41.6 Å². The molecule has 33 heavy (non-hydrogen) atoms. The summed E-state index contributed by atoms with van der Waals surface area (Å²) in [6.07, 6.45) is -3.28. The highest BCUT2D eigenvalue weighted by atomic mass is 35.5. The lowest BCUT2D eigenvalue weighted by Gasteiger charge is -2.13. The number of carbonyl (C=O) groups is 1. The average Bonchev–Trinajstić information content (AvgIpc) is 3.41. The number of aromatic nitrogens is 3. The van der Waals surface area contributed by atoms with Gasteiger partial charge in [0.15, 0.2) is 0 Å². The number of carboxylic acid groups (broad SMARTS) is 1. The van der Waals surface area contributed by atoms with Crippen LogP contribution in [0, 0.1) is 0 Å². The van der Waals surface area contributed by atoms with Crippen LogP contribution in [-0.2, 0) is 11.2 Å². The Morgan fingerprint density at radius 2 is 2.03 bits per heavy atom. The molecule has 1 unspecified atom stereocenters. The highest BCUT2D eigenvalue weighted by Gasteiger charge is 2.31. The molecule has 2 aromatic carbocycles. The molecule has 0 saturated heterocycles. The molecule has 3 heterocycles. The van der Waals surface area contributed by atoms with E-state index in [0.29, 0.717) is 5.56 Å². The fourth-order valence-electron chi connectivity index (χ4n) is 4.22. The fraction of sp³-hybridized carbons (Fsp3) is 0.227. The van der Waals surface area contributed by atoms with Gasteiger partial charge in [0.25, 0.3) is 5.89 Å². The maximum absolute atomic E-state index is 12.6. The van der Waals surface area contributed by atoms with Gasteiger partial charge in [-0.2, -0.15) is 4.98 Å². The molecule has 170 valence electrons. The third kappa shape index (κ3) is 4.25. The van der Waals surface area contributed by atoms with Crippen LogP contribution in [0.3, 0.4) is 0 Å². The van der Waals surface area contributed by atoms with E-state index in [2.05, 4.69) is 14.9 Å². The van der Waals surface area contributed by atoms with E-state index in [1.807, 2.05) is 22.8 Å². The van der Waals surface area contributed by atoms with Crippen LogP contribution in [-0.4, -0.2) is 32.1 Å². The summed E-state index contributed by atoms with van der Waals surface area (Å²) in [4.78, 5) is 15.6. The molecule has 0 amide bonds. The Balaban J connectivity index is 1.49. The normalized spacial score (nSPS) is 15.7. The molecule has 0 saturated carbocycles. The number of alkyl halides is 3. The molecular weight excluding hydrogens is 463 g/mol. The predicted octanol–water partition coefficient (Wildman–Crippen LogP) is 5.87. The average molecular weight is 478 g/mol. The first-order chi connectivity index (χ1) is 15.7. The van der Waals surface area contributed by atoms with E-state index in [1.165, 1.54) is 6.07 Å². The quantitative estimate of drug-likeness (QED) is 0.386. The first kappa shape index (κ1) is 21.3. The molecule has 7 nitrogen and oxygen atoms in total. The summed E-state index contributed by atoms with van der Waals surface area (Å²) >= 11 is 5.93. The number of nitrogens with zero attached hydrogens (tertiary/aromatic N) is 3. The van der Waals surface area contributed by atoms with Gasteiger partial charge in [-0.3, -0.25) is 4.79 Å². The van der Waals surface area contributed by atoms with Crippen molar-refractivity contribution in [3.05, 3.63) is 53.2 Å². The van der Waals surface area contributed by atoms with Crippen LogP contribution in [0.25, 0.3) is 33.7 Å². The van der Waals surface area contributed by atoms with E-state index in [4.69, 9.17) is 16.1 Å². The van der Waals surface area contributed by atoms with Crippen molar-refractivity contribution in [2.45, 2.75) is 31.7 Å². The number of benzene rings is 2.